The number of nitrogens with one attached hydrogen (secondary N) is 1. The summed E-state index contributed by atoms with van der Waals surface area (Å²) in [5.74, 6) is -0.337. The largest absolute Gasteiger partial charge is 0.478 e. The molecule has 3 heteroatoms. The normalized spacial score (nSPS) is 20.9. The monoisotopic (exact) mass is 169 g/mol. The SMILES string of the molecule is CC(=CC1CCNCC1)C(=O)O. The van der Waals surface area contributed by atoms with Crippen LogP contribution in [0.5, 0.6) is 0 Å². The van der Waals surface area contributed by atoms with Crippen molar-refractivity contribution in [3.8, 4) is 0 Å². The van der Waals surface area contributed by atoms with Crippen LogP contribution in [-0.4, -0.2) is 24.2 Å². The molecule has 1 saturated heterocycles. The molecule has 1 heterocycles. The highest BCUT2D eigenvalue weighted by Gasteiger charge is 2.11. The fourth-order valence-corrected chi connectivity index (χ4v) is 1.44. The Morgan fingerprint density at radius 1 is 1.50 bits per heavy atom. The van der Waals surface area contributed by atoms with Crippen LogP contribution in [0.1, 0.15) is 19.8 Å². The van der Waals surface area contributed by atoms with Gasteiger partial charge in [-0.15, -0.1) is 0 Å². The predicted molar refractivity (Wildman–Crippen MR) is 47.0 cm³/mol. The van der Waals surface area contributed by atoms with Crippen molar-refractivity contribution in [3.05, 3.63) is 11.6 Å². The molecule has 68 valence electrons. The molecule has 0 saturated carbocycles. The number of piperidine rings is 1. The van der Waals surface area contributed by atoms with Crippen molar-refractivity contribution >= 4 is 5.97 Å². The number of hydrogen-bond acceptors (Lipinski definition) is 2. The zero-order chi connectivity index (χ0) is 8.97. The van der Waals surface area contributed by atoms with Crippen LogP contribution < -0.4 is 5.32 Å². The van der Waals surface area contributed by atoms with Crippen molar-refractivity contribution in [2.75, 3.05) is 13.1 Å². The first kappa shape index (κ1) is 9.26. The lowest BCUT2D eigenvalue weighted by atomic mass is 9.96. The summed E-state index contributed by atoms with van der Waals surface area (Å²) in [5.41, 5.74) is 0.474. The van der Waals surface area contributed by atoms with Crippen LogP contribution in [-0.2, 0) is 4.79 Å². The maximum atomic E-state index is 10.5. The lowest BCUT2D eigenvalue weighted by Crippen LogP contribution is -2.27. The van der Waals surface area contributed by atoms with Gasteiger partial charge in [0.05, 0.1) is 0 Å². The lowest BCUT2D eigenvalue weighted by molar-refractivity contribution is -0.132. The molecule has 1 aliphatic heterocycles. The van der Waals surface area contributed by atoms with Crippen molar-refractivity contribution in [3.63, 3.8) is 0 Å². The fraction of sp³-hybridized carbons (Fsp3) is 0.667. The van der Waals surface area contributed by atoms with Crippen LogP contribution >= 0.6 is 0 Å². The molecule has 12 heavy (non-hydrogen) atoms. The molecule has 1 aliphatic rings. The van der Waals surface area contributed by atoms with Crippen LogP contribution in [0, 0.1) is 5.92 Å². The lowest BCUT2D eigenvalue weighted by Gasteiger charge is -2.19. The van der Waals surface area contributed by atoms with Crippen molar-refractivity contribution < 1.29 is 9.90 Å². The van der Waals surface area contributed by atoms with Crippen LogP contribution in [0.15, 0.2) is 11.6 Å². The molecule has 0 aromatic heterocycles. The quantitative estimate of drug-likeness (QED) is 0.607. The highest BCUT2D eigenvalue weighted by Crippen LogP contribution is 2.14. The Hall–Kier alpha value is -0.830. The molecule has 0 amide bonds. The van der Waals surface area contributed by atoms with Gasteiger partial charge < -0.3 is 10.4 Å². The van der Waals surface area contributed by atoms with E-state index in [9.17, 15) is 4.79 Å². The molecule has 0 unspecified atom stereocenters. The van der Waals surface area contributed by atoms with Crippen molar-refractivity contribution in [2.24, 2.45) is 5.92 Å². The molecule has 0 atom stereocenters. The molecule has 0 bridgehead atoms. The third kappa shape index (κ3) is 2.66. The second kappa shape index (κ2) is 4.26. The smallest absolute Gasteiger partial charge is 0.330 e. The molecular weight excluding hydrogens is 154 g/mol. The Labute approximate surface area is 72.5 Å². The molecule has 2 N–H and O–H groups in total. The zero-order valence-electron chi connectivity index (χ0n) is 7.34. The first-order chi connectivity index (χ1) is 5.70. The topological polar surface area (TPSA) is 49.3 Å². The minimum Gasteiger partial charge on any atom is -0.478 e. The standard InChI is InChI=1S/C9H15NO2/c1-7(9(11)12)6-8-2-4-10-5-3-8/h6,8,10H,2-5H2,1H3,(H,11,12). The molecular formula is C9H15NO2. The molecule has 1 fully saturated rings. The highest BCUT2D eigenvalue weighted by atomic mass is 16.4. The fourth-order valence-electron chi connectivity index (χ4n) is 1.44. The van der Waals surface area contributed by atoms with E-state index in [2.05, 4.69) is 5.32 Å². The molecule has 3 nitrogen and oxygen atoms in total. The van der Waals surface area contributed by atoms with E-state index in [0.29, 0.717) is 11.5 Å². The van der Waals surface area contributed by atoms with Gasteiger partial charge in [0.1, 0.15) is 0 Å². The van der Waals surface area contributed by atoms with Crippen LogP contribution in [0.3, 0.4) is 0 Å². The average molecular weight is 169 g/mol. The second-order valence-corrected chi connectivity index (χ2v) is 3.24. The van der Waals surface area contributed by atoms with E-state index in [1.807, 2.05) is 6.08 Å². The van der Waals surface area contributed by atoms with Crippen LogP contribution in [0.2, 0.25) is 0 Å². The van der Waals surface area contributed by atoms with E-state index in [4.69, 9.17) is 5.11 Å². The third-order valence-electron chi connectivity index (χ3n) is 2.21. The minimum absolute atomic E-state index is 0.461. The maximum absolute atomic E-state index is 10.5. The summed E-state index contributed by atoms with van der Waals surface area (Å²) in [6.07, 6.45) is 4.00. The van der Waals surface area contributed by atoms with Gasteiger partial charge in [-0.3, -0.25) is 0 Å². The highest BCUT2D eigenvalue weighted by molar-refractivity contribution is 5.85. The number of allylic oxidation sites excluding steroid dienone is 1. The summed E-state index contributed by atoms with van der Waals surface area (Å²) < 4.78 is 0. The molecule has 0 aliphatic carbocycles. The Kier molecular flexibility index (Phi) is 3.29. The number of aliphatic carboxylic acids is 1. The number of rotatable bonds is 2. The van der Waals surface area contributed by atoms with Gasteiger partial charge >= 0.3 is 5.97 Å². The van der Waals surface area contributed by atoms with Crippen LogP contribution in [0.25, 0.3) is 0 Å². The molecule has 1 rings (SSSR count). The van der Waals surface area contributed by atoms with Gasteiger partial charge in [-0.1, -0.05) is 6.08 Å². The van der Waals surface area contributed by atoms with E-state index < -0.39 is 5.97 Å². The number of hydrogen-bond donors (Lipinski definition) is 2. The Balaban J connectivity index is 2.47. The summed E-state index contributed by atoms with van der Waals surface area (Å²) in [7, 11) is 0. The van der Waals surface area contributed by atoms with Gasteiger partial charge in [-0.25, -0.2) is 4.79 Å². The molecule has 0 spiro atoms. The van der Waals surface area contributed by atoms with E-state index in [-0.39, 0.29) is 0 Å². The van der Waals surface area contributed by atoms with Crippen molar-refractivity contribution in [1.82, 2.24) is 5.32 Å². The first-order valence-electron chi connectivity index (χ1n) is 4.32. The zero-order valence-corrected chi connectivity index (χ0v) is 7.34. The van der Waals surface area contributed by atoms with Gasteiger partial charge in [-0.05, 0) is 38.8 Å². The van der Waals surface area contributed by atoms with Gasteiger partial charge in [0, 0.05) is 5.57 Å². The summed E-state index contributed by atoms with van der Waals surface area (Å²) in [4.78, 5) is 10.5. The van der Waals surface area contributed by atoms with E-state index in [0.717, 1.165) is 25.9 Å². The number of carbonyl (C=O) groups is 1. The second-order valence-electron chi connectivity index (χ2n) is 3.24. The van der Waals surface area contributed by atoms with Crippen molar-refractivity contribution in [2.45, 2.75) is 19.8 Å². The summed E-state index contributed by atoms with van der Waals surface area (Å²) in [6.45, 7) is 3.67. The first-order valence-corrected chi connectivity index (χ1v) is 4.32. The minimum atomic E-state index is -0.798. The van der Waals surface area contributed by atoms with Gasteiger partial charge in [0.15, 0.2) is 0 Å². The Bertz CT molecular complexity index is 193. The Morgan fingerprint density at radius 3 is 2.58 bits per heavy atom. The van der Waals surface area contributed by atoms with Crippen LogP contribution in [0.4, 0.5) is 0 Å². The average Bonchev–Trinajstić information content (AvgIpc) is 2.06. The molecule has 0 aromatic rings. The third-order valence-corrected chi connectivity index (χ3v) is 2.21. The van der Waals surface area contributed by atoms with E-state index in [1.54, 1.807) is 6.92 Å². The summed E-state index contributed by atoms with van der Waals surface area (Å²) in [5, 5.41) is 11.9. The van der Waals surface area contributed by atoms with E-state index >= 15 is 0 Å². The van der Waals surface area contributed by atoms with E-state index in [1.165, 1.54) is 0 Å². The molecule has 0 radical (unpaired) electrons. The summed E-state index contributed by atoms with van der Waals surface area (Å²) in [6, 6.07) is 0. The maximum Gasteiger partial charge on any atom is 0.330 e. The van der Waals surface area contributed by atoms with Gasteiger partial charge in [0.25, 0.3) is 0 Å². The predicted octanol–water partition coefficient (Wildman–Crippen LogP) is 1.02. The number of carboxylic acid groups (broad SMARTS) is 1. The van der Waals surface area contributed by atoms with Gasteiger partial charge in [0.2, 0.25) is 0 Å². The number of carboxylic acids is 1. The Morgan fingerprint density at radius 2 is 2.08 bits per heavy atom. The summed E-state index contributed by atoms with van der Waals surface area (Å²) >= 11 is 0. The van der Waals surface area contributed by atoms with Gasteiger partial charge in [-0.2, -0.15) is 0 Å². The van der Waals surface area contributed by atoms with Crippen molar-refractivity contribution in [1.29, 1.82) is 0 Å². The molecule has 0 aromatic carbocycles.